The van der Waals surface area contributed by atoms with E-state index >= 15 is 0 Å². The molecule has 0 saturated heterocycles. The van der Waals surface area contributed by atoms with E-state index in [1.165, 1.54) is 38.1 Å². The molecule has 1 heterocycles. The molecule has 1 aliphatic heterocycles. The fourth-order valence-corrected chi connectivity index (χ4v) is 3.21. The molecule has 2 aromatic carbocycles. The van der Waals surface area contributed by atoms with Crippen molar-refractivity contribution in [3.8, 4) is 0 Å². The number of rotatable bonds is 3. The van der Waals surface area contributed by atoms with Crippen LogP contribution in [-0.4, -0.2) is 19.8 Å². The van der Waals surface area contributed by atoms with E-state index in [-0.39, 0.29) is 21.8 Å². The maximum atomic E-state index is 14.3. The summed E-state index contributed by atoms with van der Waals surface area (Å²) in [5, 5.41) is 5.06. The number of hydrogen-bond acceptors (Lipinski definition) is 4. The largest absolute Gasteiger partial charge is 0.478 e. The Kier molecular flexibility index (Phi) is 4.20. The first kappa shape index (κ1) is 18.2. The van der Waals surface area contributed by atoms with Crippen molar-refractivity contribution in [2.75, 3.05) is 0 Å². The van der Waals surface area contributed by atoms with E-state index in [4.69, 9.17) is 9.88 Å². The van der Waals surface area contributed by atoms with Crippen LogP contribution in [0.1, 0.15) is 25.0 Å². The molecule has 0 spiro atoms. The Morgan fingerprint density at radius 3 is 2.23 bits per heavy atom. The lowest BCUT2D eigenvalue weighted by atomic mass is 9.92. The van der Waals surface area contributed by atoms with Crippen LogP contribution in [0.15, 0.2) is 47.4 Å². The highest BCUT2D eigenvalue weighted by Crippen LogP contribution is 2.42. The van der Waals surface area contributed by atoms with E-state index in [2.05, 4.69) is 0 Å². The number of Topliss-reactive ketones (excluding diaryl/α,β-unsaturated/α-hetero) is 1. The van der Waals surface area contributed by atoms with E-state index in [0.29, 0.717) is 5.56 Å². The summed E-state index contributed by atoms with van der Waals surface area (Å²) in [4.78, 5) is 12.6. The first-order valence-electron chi connectivity index (χ1n) is 7.57. The van der Waals surface area contributed by atoms with Crippen LogP contribution in [0.25, 0.3) is 11.3 Å². The predicted molar refractivity (Wildman–Crippen MR) is 91.2 cm³/mol. The van der Waals surface area contributed by atoms with Gasteiger partial charge in [-0.15, -0.1) is 0 Å². The number of benzene rings is 2. The van der Waals surface area contributed by atoms with Gasteiger partial charge in [0.05, 0.1) is 10.5 Å². The second-order valence-electron chi connectivity index (χ2n) is 6.34. The summed E-state index contributed by atoms with van der Waals surface area (Å²) in [6, 6.07) is 8.07. The second kappa shape index (κ2) is 6.00. The zero-order valence-corrected chi connectivity index (χ0v) is 14.7. The van der Waals surface area contributed by atoms with Crippen LogP contribution in [0, 0.1) is 11.6 Å². The Bertz CT molecular complexity index is 1040. The average Bonchev–Trinajstić information content (AvgIpc) is 2.79. The molecule has 0 fully saturated rings. The van der Waals surface area contributed by atoms with Crippen LogP contribution in [0.4, 0.5) is 8.78 Å². The lowest BCUT2D eigenvalue weighted by Gasteiger charge is -2.17. The Balaban J connectivity index is 2.22. The summed E-state index contributed by atoms with van der Waals surface area (Å²) >= 11 is 0. The van der Waals surface area contributed by atoms with Gasteiger partial charge in [-0.3, -0.25) is 4.79 Å². The molecule has 8 heteroatoms. The molecule has 3 rings (SSSR count). The van der Waals surface area contributed by atoms with Crippen molar-refractivity contribution in [1.29, 1.82) is 0 Å². The SMILES string of the molecule is CC1(C)OC(c2ccc(S(N)(=O)=O)cc2)=C(c2cc(F)ccc2F)C1=O. The highest BCUT2D eigenvalue weighted by molar-refractivity contribution is 7.89. The molecular formula is C18H15F2NO4S. The number of primary sulfonamides is 1. The van der Waals surface area contributed by atoms with Crippen LogP contribution in [0.2, 0.25) is 0 Å². The normalized spacial score (nSPS) is 16.7. The zero-order chi connectivity index (χ0) is 19.3. The van der Waals surface area contributed by atoms with Gasteiger partial charge in [0.2, 0.25) is 15.8 Å². The molecule has 5 nitrogen and oxygen atoms in total. The van der Waals surface area contributed by atoms with Gasteiger partial charge in [0.1, 0.15) is 17.4 Å². The van der Waals surface area contributed by atoms with Gasteiger partial charge in [0.15, 0.2) is 5.60 Å². The molecule has 136 valence electrons. The van der Waals surface area contributed by atoms with Crippen LogP contribution in [0.5, 0.6) is 0 Å². The molecule has 0 atom stereocenters. The van der Waals surface area contributed by atoms with E-state index in [9.17, 15) is 22.0 Å². The van der Waals surface area contributed by atoms with E-state index in [1.807, 2.05) is 0 Å². The van der Waals surface area contributed by atoms with Crippen molar-refractivity contribution in [3.05, 3.63) is 65.2 Å². The monoisotopic (exact) mass is 379 g/mol. The van der Waals surface area contributed by atoms with Gasteiger partial charge in [-0.1, -0.05) is 0 Å². The standard InChI is InChI=1S/C18H15F2NO4S/c1-18(2)17(22)15(13-9-11(19)5-8-14(13)20)16(25-18)10-3-6-12(7-4-10)26(21,23)24/h3-9H,1-2H3,(H2,21,23,24). The molecule has 2 N–H and O–H groups in total. The second-order valence-corrected chi connectivity index (χ2v) is 7.90. The third-order valence-electron chi connectivity index (χ3n) is 4.00. The molecule has 0 aliphatic carbocycles. The van der Waals surface area contributed by atoms with Crippen molar-refractivity contribution in [2.24, 2.45) is 5.14 Å². The van der Waals surface area contributed by atoms with Crippen molar-refractivity contribution < 1.29 is 26.7 Å². The number of halogens is 2. The molecule has 26 heavy (non-hydrogen) atoms. The third kappa shape index (κ3) is 3.13. The molecule has 2 aromatic rings. The van der Waals surface area contributed by atoms with Crippen molar-refractivity contribution in [1.82, 2.24) is 0 Å². The topological polar surface area (TPSA) is 86.5 Å². The molecule has 0 unspecified atom stereocenters. The molecule has 1 aliphatic rings. The minimum atomic E-state index is -3.89. The van der Waals surface area contributed by atoms with E-state index in [0.717, 1.165) is 18.2 Å². The number of ketones is 1. The van der Waals surface area contributed by atoms with Gasteiger partial charge < -0.3 is 4.74 Å². The fraction of sp³-hybridized carbons (Fsp3) is 0.167. The highest BCUT2D eigenvalue weighted by Gasteiger charge is 2.43. The number of carbonyl (C=O) groups excluding carboxylic acids is 1. The van der Waals surface area contributed by atoms with Crippen molar-refractivity contribution in [2.45, 2.75) is 24.3 Å². The molecule has 0 radical (unpaired) electrons. The molecule has 0 amide bonds. The predicted octanol–water partition coefficient (Wildman–Crippen LogP) is 2.86. The summed E-state index contributed by atoms with van der Waals surface area (Å²) in [7, 11) is -3.89. The minimum absolute atomic E-state index is 0.0467. The van der Waals surface area contributed by atoms with E-state index < -0.39 is 33.0 Å². The van der Waals surface area contributed by atoms with Gasteiger partial charge in [0.25, 0.3) is 0 Å². The minimum Gasteiger partial charge on any atom is -0.478 e. The van der Waals surface area contributed by atoms with Crippen molar-refractivity contribution >= 4 is 27.1 Å². The Morgan fingerprint density at radius 2 is 1.65 bits per heavy atom. The highest BCUT2D eigenvalue weighted by atomic mass is 32.2. The summed E-state index contributed by atoms with van der Waals surface area (Å²) in [5.74, 6) is -1.93. The van der Waals surface area contributed by atoms with Crippen LogP contribution < -0.4 is 5.14 Å². The Morgan fingerprint density at radius 1 is 1.04 bits per heavy atom. The maximum Gasteiger partial charge on any atom is 0.238 e. The lowest BCUT2D eigenvalue weighted by molar-refractivity contribution is -0.125. The summed E-state index contributed by atoms with van der Waals surface area (Å²) in [6.07, 6.45) is 0. The van der Waals surface area contributed by atoms with Gasteiger partial charge >= 0.3 is 0 Å². The Labute approximate surface area is 149 Å². The molecule has 0 aromatic heterocycles. The first-order valence-corrected chi connectivity index (χ1v) is 9.12. The third-order valence-corrected chi connectivity index (χ3v) is 4.93. The number of hydrogen-bond donors (Lipinski definition) is 1. The number of sulfonamides is 1. The maximum absolute atomic E-state index is 14.3. The summed E-state index contributed by atoms with van der Waals surface area (Å²) < 4.78 is 56.3. The van der Waals surface area contributed by atoms with E-state index in [1.54, 1.807) is 0 Å². The molecule has 0 bridgehead atoms. The van der Waals surface area contributed by atoms with Crippen LogP contribution in [0.3, 0.4) is 0 Å². The van der Waals surface area contributed by atoms with Crippen LogP contribution in [-0.2, 0) is 19.6 Å². The smallest absolute Gasteiger partial charge is 0.238 e. The molecular weight excluding hydrogens is 364 g/mol. The van der Waals surface area contributed by atoms with Crippen molar-refractivity contribution in [3.63, 3.8) is 0 Å². The zero-order valence-electron chi connectivity index (χ0n) is 13.9. The number of ether oxygens (including phenoxy) is 1. The fourth-order valence-electron chi connectivity index (χ4n) is 2.69. The van der Waals surface area contributed by atoms with Crippen LogP contribution >= 0.6 is 0 Å². The summed E-state index contributed by atoms with van der Waals surface area (Å²) in [6.45, 7) is 3.02. The number of carbonyl (C=O) groups is 1. The van der Waals surface area contributed by atoms with Gasteiger partial charge in [0, 0.05) is 11.1 Å². The average molecular weight is 379 g/mol. The molecule has 0 saturated carbocycles. The quantitative estimate of drug-likeness (QED) is 0.888. The number of nitrogens with two attached hydrogens (primary N) is 1. The lowest BCUT2D eigenvalue weighted by Crippen LogP contribution is -2.29. The first-order chi connectivity index (χ1) is 12.0. The van der Waals surface area contributed by atoms with Gasteiger partial charge in [-0.2, -0.15) is 0 Å². The Hall–Kier alpha value is -2.58. The summed E-state index contributed by atoms with van der Waals surface area (Å²) in [5.41, 5.74) is -1.25. The van der Waals surface area contributed by atoms with Gasteiger partial charge in [-0.25, -0.2) is 22.3 Å². The van der Waals surface area contributed by atoms with Gasteiger partial charge in [-0.05, 0) is 56.3 Å².